The Morgan fingerprint density at radius 2 is 2.22 bits per heavy atom. The van der Waals surface area contributed by atoms with Gasteiger partial charge in [0.05, 0.1) is 5.69 Å². The molecule has 122 valence electrons. The molecule has 0 atom stereocenters. The largest absolute Gasteiger partial charge is 0.381 e. The Morgan fingerprint density at radius 3 is 2.96 bits per heavy atom. The average molecular weight is 315 g/mol. The molecule has 2 aromatic heterocycles. The molecule has 1 fully saturated rings. The number of aryl methyl sites for hydroxylation is 1. The lowest BCUT2D eigenvalue weighted by Gasteiger charge is -2.23. The van der Waals surface area contributed by atoms with Crippen LogP contribution in [-0.2, 0) is 18.3 Å². The number of hydrogen-bond donors (Lipinski definition) is 2. The van der Waals surface area contributed by atoms with Crippen molar-refractivity contribution in [3.8, 4) is 11.3 Å². The molecule has 2 amide bonds. The molecule has 1 aliphatic rings. The van der Waals surface area contributed by atoms with Crippen molar-refractivity contribution in [2.45, 2.75) is 25.4 Å². The fourth-order valence-electron chi connectivity index (χ4n) is 2.64. The first-order valence-corrected chi connectivity index (χ1v) is 7.77. The number of carbonyl (C=O) groups excluding carboxylic acids is 1. The summed E-state index contributed by atoms with van der Waals surface area (Å²) in [6.07, 6.45) is 7.04. The number of ether oxygens (including phenoxy) is 1. The van der Waals surface area contributed by atoms with E-state index in [1.54, 1.807) is 23.3 Å². The smallest absolute Gasteiger partial charge is 0.315 e. The third-order valence-electron chi connectivity index (χ3n) is 3.92. The highest BCUT2D eigenvalue weighted by Gasteiger charge is 2.15. The van der Waals surface area contributed by atoms with Gasteiger partial charge in [-0.1, -0.05) is 0 Å². The van der Waals surface area contributed by atoms with Gasteiger partial charge >= 0.3 is 6.03 Å². The fourth-order valence-corrected chi connectivity index (χ4v) is 2.64. The standard InChI is InChI=1S/C16H21N5O2/c1-21-15(2-5-19-21)13-8-12(9-17-11-13)10-18-16(22)20-14-3-6-23-7-4-14/h2,5,8-9,11,14H,3-4,6-7,10H2,1H3,(H2,18,20,22). The van der Waals surface area contributed by atoms with E-state index in [-0.39, 0.29) is 12.1 Å². The molecule has 3 heterocycles. The van der Waals surface area contributed by atoms with Gasteiger partial charge in [0.25, 0.3) is 0 Å². The highest BCUT2D eigenvalue weighted by atomic mass is 16.5. The molecular formula is C16H21N5O2. The predicted molar refractivity (Wildman–Crippen MR) is 85.7 cm³/mol. The number of rotatable bonds is 4. The lowest BCUT2D eigenvalue weighted by Crippen LogP contribution is -2.44. The third-order valence-corrected chi connectivity index (χ3v) is 3.92. The summed E-state index contributed by atoms with van der Waals surface area (Å²) in [6.45, 7) is 1.86. The van der Waals surface area contributed by atoms with E-state index in [1.807, 2.05) is 19.2 Å². The molecule has 0 aliphatic carbocycles. The Morgan fingerprint density at radius 1 is 1.39 bits per heavy atom. The second-order valence-corrected chi connectivity index (χ2v) is 5.64. The Labute approximate surface area is 135 Å². The van der Waals surface area contributed by atoms with E-state index >= 15 is 0 Å². The normalized spacial score (nSPS) is 15.3. The predicted octanol–water partition coefficient (Wildman–Crippen LogP) is 1.46. The Hall–Kier alpha value is -2.41. The number of nitrogens with one attached hydrogen (secondary N) is 2. The van der Waals surface area contributed by atoms with Gasteiger partial charge in [-0.3, -0.25) is 9.67 Å². The van der Waals surface area contributed by atoms with E-state index in [0.29, 0.717) is 19.8 Å². The van der Waals surface area contributed by atoms with Gasteiger partial charge in [0.1, 0.15) is 0 Å². The molecule has 2 aromatic rings. The molecule has 3 rings (SSSR count). The molecule has 23 heavy (non-hydrogen) atoms. The van der Waals surface area contributed by atoms with Crippen LogP contribution < -0.4 is 10.6 Å². The Kier molecular flexibility index (Phi) is 4.87. The quantitative estimate of drug-likeness (QED) is 0.895. The van der Waals surface area contributed by atoms with Gasteiger partial charge in [-0.15, -0.1) is 0 Å². The van der Waals surface area contributed by atoms with E-state index < -0.39 is 0 Å². The van der Waals surface area contributed by atoms with Gasteiger partial charge in [0.15, 0.2) is 0 Å². The number of amides is 2. The second-order valence-electron chi connectivity index (χ2n) is 5.64. The topological polar surface area (TPSA) is 81.1 Å². The highest BCUT2D eigenvalue weighted by Crippen LogP contribution is 2.18. The fraction of sp³-hybridized carbons (Fsp3) is 0.438. The average Bonchev–Trinajstić information content (AvgIpc) is 3.00. The molecule has 0 radical (unpaired) electrons. The summed E-state index contributed by atoms with van der Waals surface area (Å²) >= 11 is 0. The van der Waals surface area contributed by atoms with Crippen LogP contribution in [0.15, 0.2) is 30.7 Å². The van der Waals surface area contributed by atoms with E-state index in [4.69, 9.17) is 4.74 Å². The molecule has 7 nitrogen and oxygen atoms in total. The number of hydrogen-bond acceptors (Lipinski definition) is 4. The summed E-state index contributed by atoms with van der Waals surface area (Å²) in [6, 6.07) is 4.00. The van der Waals surface area contributed by atoms with Crippen molar-refractivity contribution < 1.29 is 9.53 Å². The first kappa shape index (κ1) is 15.5. The van der Waals surface area contributed by atoms with Gasteiger partial charge in [-0.05, 0) is 30.5 Å². The number of urea groups is 1. The number of aromatic nitrogens is 3. The van der Waals surface area contributed by atoms with Crippen LogP contribution in [0.2, 0.25) is 0 Å². The molecule has 2 N–H and O–H groups in total. The molecule has 1 aliphatic heterocycles. The van der Waals surface area contributed by atoms with E-state index in [0.717, 1.165) is 29.7 Å². The monoisotopic (exact) mass is 315 g/mol. The Balaban J connectivity index is 1.56. The van der Waals surface area contributed by atoms with E-state index in [9.17, 15) is 4.79 Å². The molecule has 0 bridgehead atoms. The van der Waals surface area contributed by atoms with Gasteiger partial charge in [-0.25, -0.2) is 4.79 Å². The molecule has 7 heteroatoms. The van der Waals surface area contributed by atoms with Crippen LogP contribution in [0.3, 0.4) is 0 Å². The molecule has 0 saturated carbocycles. The van der Waals surface area contributed by atoms with Gasteiger partial charge in [0, 0.05) is 57.0 Å². The Bertz CT molecular complexity index is 664. The van der Waals surface area contributed by atoms with Crippen LogP contribution in [0.4, 0.5) is 4.79 Å². The summed E-state index contributed by atoms with van der Waals surface area (Å²) in [5, 5.41) is 10.0. The van der Waals surface area contributed by atoms with E-state index in [1.165, 1.54) is 0 Å². The third kappa shape index (κ3) is 4.07. The SMILES string of the molecule is Cn1nccc1-c1cncc(CNC(=O)NC2CCOCC2)c1. The first-order chi connectivity index (χ1) is 11.2. The zero-order chi connectivity index (χ0) is 16.1. The second kappa shape index (κ2) is 7.23. The minimum atomic E-state index is -0.150. The van der Waals surface area contributed by atoms with Crippen LogP contribution in [0.25, 0.3) is 11.3 Å². The number of carbonyl (C=O) groups is 1. The summed E-state index contributed by atoms with van der Waals surface area (Å²) in [5.41, 5.74) is 2.92. The van der Waals surface area contributed by atoms with E-state index in [2.05, 4.69) is 20.7 Å². The van der Waals surface area contributed by atoms with Gasteiger partial charge < -0.3 is 15.4 Å². The minimum absolute atomic E-state index is 0.150. The molecule has 0 aromatic carbocycles. The minimum Gasteiger partial charge on any atom is -0.381 e. The van der Waals surface area contributed by atoms with Crippen LogP contribution in [0, 0.1) is 0 Å². The lowest BCUT2D eigenvalue weighted by atomic mass is 10.1. The maximum Gasteiger partial charge on any atom is 0.315 e. The van der Waals surface area contributed by atoms with Crippen molar-refractivity contribution in [3.05, 3.63) is 36.3 Å². The molecular weight excluding hydrogens is 294 g/mol. The zero-order valence-electron chi connectivity index (χ0n) is 13.2. The number of nitrogens with zero attached hydrogens (tertiary/aromatic N) is 3. The van der Waals surface area contributed by atoms with Crippen molar-refractivity contribution >= 4 is 6.03 Å². The lowest BCUT2D eigenvalue weighted by molar-refractivity contribution is 0.0801. The van der Waals surface area contributed by atoms with Crippen molar-refractivity contribution in [1.29, 1.82) is 0 Å². The maximum absolute atomic E-state index is 12.0. The van der Waals surface area contributed by atoms with Crippen molar-refractivity contribution in [2.75, 3.05) is 13.2 Å². The highest BCUT2D eigenvalue weighted by molar-refractivity contribution is 5.74. The zero-order valence-corrected chi connectivity index (χ0v) is 13.2. The first-order valence-electron chi connectivity index (χ1n) is 7.77. The summed E-state index contributed by atoms with van der Waals surface area (Å²) in [5.74, 6) is 0. The van der Waals surface area contributed by atoms with Gasteiger partial charge in [-0.2, -0.15) is 5.10 Å². The molecule has 0 unspecified atom stereocenters. The maximum atomic E-state index is 12.0. The van der Waals surface area contributed by atoms with Crippen molar-refractivity contribution in [3.63, 3.8) is 0 Å². The van der Waals surface area contributed by atoms with Crippen LogP contribution >= 0.6 is 0 Å². The van der Waals surface area contributed by atoms with Crippen LogP contribution in [0.1, 0.15) is 18.4 Å². The summed E-state index contributed by atoms with van der Waals surface area (Å²) in [7, 11) is 1.89. The van der Waals surface area contributed by atoms with Gasteiger partial charge in [0.2, 0.25) is 0 Å². The number of pyridine rings is 1. The van der Waals surface area contributed by atoms with Crippen molar-refractivity contribution in [1.82, 2.24) is 25.4 Å². The summed E-state index contributed by atoms with van der Waals surface area (Å²) in [4.78, 5) is 16.2. The molecule has 0 spiro atoms. The van der Waals surface area contributed by atoms with Crippen molar-refractivity contribution in [2.24, 2.45) is 7.05 Å². The van der Waals surface area contributed by atoms with Crippen LogP contribution in [0.5, 0.6) is 0 Å². The summed E-state index contributed by atoms with van der Waals surface area (Å²) < 4.78 is 7.08. The molecule has 1 saturated heterocycles. The van der Waals surface area contributed by atoms with Crippen LogP contribution in [-0.4, -0.2) is 40.1 Å².